The van der Waals surface area contributed by atoms with E-state index in [-0.39, 0.29) is 5.95 Å². The van der Waals surface area contributed by atoms with E-state index in [1.54, 1.807) is 6.20 Å². The molecule has 2 rings (SSSR count). The second-order valence-electron chi connectivity index (χ2n) is 3.70. The van der Waals surface area contributed by atoms with E-state index < -0.39 is 0 Å². The highest BCUT2D eigenvalue weighted by atomic mass is 15.1. The van der Waals surface area contributed by atoms with Crippen LogP contribution in [0, 0.1) is 13.8 Å². The molecular formula is C11H14N6. The van der Waals surface area contributed by atoms with Crippen molar-refractivity contribution >= 4 is 11.8 Å². The van der Waals surface area contributed by atoms with Gasteiger partial charge in [0.05, 0.1) is 12.2 Å². The molecule has 0 aliphatic carbocycles. The number of rotatable bonds is 3. The Hall–Kier alpha value is -2.24. The largest absolute Gasteiger partial charge is 0.368 e. The third kappa shape index (κ3) is 3.10. The number of nitrogens with zero attached hydrogens (tertiary/aromatic N) is 4. The lowest BCUT2D eigenvalue weighted by molar-refractivity contribution is 0.947. The Kier molecular flexibility index (Phi) is 3.13. The fourth-order valence-corrected chi connectivity index (χ4v) is 1.47. The number of hydrogen-bond acceptors (Lipinski definition) is 6. The summed E-state index contributed by atoms with van der Waals surface area (Å²) in [5.41, 5.74) is 7.31. The Morgan fingerprint density at radius 3 is 2.76 bits per heavy atom. The summed E-state index contributed by atoms with van der Waals surface area (Å²) in [6.07, 6.45) is 1.74. The molecule has 0 unspecified atom stereocenters. The Labute approximate surface area is 99.4 Å². The molecule has 17 heavy (non-hydrogen) atoms. The van der Waals surface area contributed by atoms with Crippen molar-refractivity contribution in [2.75, 3.05) is 11.1 Å². The number of nitrogen functional groups attached to an aromatic ring is 1. The van der Waals surface area contributed by atoms with Crippen molar-refractivity contribution in [1.29, 1.82) is 0 Å². The van der Waals surface area contributed by atoms with Crippen LogP contribution in [0.25, 0.3) is 0 Å². The molecule has 0 saturated heterocycles. The van der Waals surface area contributed by atoms with Crippen molar-refractivity contribution in [1.82, 2.24) is 19.9 Å². The van der Waals surface area contributed by atoms with Crippen LogP contribution in [-0.4, -0.2) is 19.9 Å². The molecule has 2 aromatic heterocycles. The minimum Gasteiger partial charge on any atom is -0.368 e. The molecule has 0 radical (unpaired) electrons. The van der Waals surface area contributed by atoms with Gasteiger partial charge in [-0.15, -0.1) is 0 Å². The summed E-state index contributed by atoms with van der Waals surface area (Å²) in [4.78, 5) is 16.4. The van der Waals surface area contributed by atoms with Crippen LogP contribution in [0.4, 0.5) is 11.8 Å². The lowest BCUT2D eigenvalue weighted by Crippen LogP contribution is -2.07. The summed E-state index contributed by atoms with van der Waals surface area (Å²) in [5, 5.41) is 3.15. The Morgan fingerprint density at radius 2 is 2.06 bits per heavy atom. The second kappa shape index (κ2) is 4.73. The van der Waals surface area contributed by atoms with Gasteiger partial charge in [-0.25, -0.2) is 15.0 Å². The van der Waals surface area contributed by atoms with Gasteiger partial charge in [-0.1, -0.05) is 0 Å². The first-order valence-electron chi connectivity index (χ1n) is 5.27. The van der Waals surface area contributed by atoms with E-state index in [4.69, 9.17) is 5.73 Å². The van der Waals surface area contributed by atoms with Crippen LogP contribution in [0.15, 0.2) is 18.3 Å². The molecular weight excluding hydrogens is 216 g/mol. The molecule has 0 aromatic carbocycles. The lowest BCUT2D eigenvalue weighted by Gasteiger charge is -2.06. The van der Waals surface area contributed by atoms with E-state index in [2.05, 4.69) is 25.3 Å². The average Bonchev–Trinajstić information content (AvgIpc) is 2.25. The molecule has 0 aliphatic rings. The van der Waals surface area contributed by atoms with Gasteiger partial charge in [-0.2, -0.15) is 4.98 Å². The second-order valence-corrected chi connectivity index (χ2v) is 3.70. The maximum Gasteiger partial charge on any atom is 0.222 e. The summed E-state index contributed by atoms with van der Waals surface area (Å²) in [5.74, 6) is 1.72. The molecule has 2 aromatic rings. The highest BCUT2D eigenvalue weighted by Gasteiger charge is 2.00. The van der Waals surface area contributed by atoms with Gasteiger partial charge in [0, 0.05) is 18.0 Å². The molecule has 6 nitrogen and oxygen atoms in total. The van der Waals surface area contributed by atoms with Gasteiger partial charge < -0.3 is 11.1 Å². The molecule has 0 amide bonds. The molecule has 0 spiro atoms. The van der Waals surface area contributed by atoms with Gasteiger partial charge in [0.15, 0.2) is 0 Å². The third-order valence-corrected chi connectivity index (χ3v) is 2.16. The van der Waals surface area contributed by atoms with Crippen molar-refractivity contribution in [2.45, 2.75) is 20.4 Å². The zero-order valence-corrected chi connectivity index (χ0v) is 9.81. The highest BCUT2D eigenvalue weighted by Crippen LogP contribution is 2.08. The summed E-state index contributed by atoms with van der Waals surface area (Å²) in [6, 6.07) is 3.70. The predicted octanol–water partition coefficient (Wildman–Crippen LogP) is 1.08. The number of nitrogens with one attached hydrogen (secondary N) is 1. The van der Waals surface area contributed by atoms with Crippen molar-refractivity contribution in [3.63, 3.8) is 0 Å². The minimum atomic E-state index is 0.270. The van der Waals surface area contributed by atoms with E-state index >= 15 is 0 Å². The average molecular weight is 230 g/mol. The molecule has 0 atom stereocenters. The first-order chi connectivity index (χ1) is 8.13. The summed E-state index contributed by atoms with van der Waals surface area (Å²) >= 11 is 0. The molecule has 0 fully saturated rings. The van der Waals surface area contributed by atoms with Gasteiger partial charge in [-0.05, 0) is 19.9 Å². The summed E-state index contributed by atoms with van der Waals surface area (Å²) in [6.45, 7) is 4.31. The third-order valence-electron chi connectivity index (χ3n) is 2.16. The van der Waals surface area contributed by atoms with Crippen LogP contribution in [0.5, 0.6) is 0 Å². The summed E-state index contributed by atoms with van der Waals surface area (Å²) < 4.78 is 0. The first kappa shape index (κ1) is 11.3. The van der Waals surface area contributed by atoms with Gasteiger partial charge >= 0.3 is 0 Å². The minimum absolute atomic E-state index is 0.270. The summed E-state index contributed by atoms with van der Waals surface area (Å²) in [7, 11) is 0. The molecule has 0 saturated carbocycles. The normalized spacial score (nSPS) is 10.2. The van der Waals surface area contributed by atoms with Gasteiger partial charge in [0.25, 0.3) is 0 Å². The molecule has 3 N–H and O–H groups in total. The number of aryl methyl sites for hydroxylation is 2. The van der Waals surface area contributed by atoms with Crippen molar-refractivity contribution in [2.24, 2.45) is 0 Å². The van der Waals surface area contributed by atoms with Gasteiger partial charge in [0.2, 0.25) is 5.95 Å². The number of hydrogen-bond donors (Lipinski definition) is 2. The van der Waals surface area contributed by atoms with Gasteiger partial charge in [0.1, 0.15) is 11.6 Å². The smallest absolute Gasteiger partial charge is 0.222 e. The predicted molar refractivity (Wildman–Crippen MR) is 65.3 cm³/mol. The van der Waals surface area contributed by atoms with E-state index in [9.17, 15) is 0 Å². The quantitative estimate of drug-likeness (QED) is 0.820. The standard InChI is InChI=1S/C11H14N6/c1-7-5-10(17-11(12)15-7)14-6-9-3-4-13-8(2)16-9/h3-5H,6H2,1-2H3,(H3,12,14,15,17). The Balaban J connectivity index is 2.07. The molecule has 0 bridgehead atoms. The number of anilines is 2. The van der Waals surface area contributed by atoms with Crippen LogP contribution in [-0.2, 0) is 6.54 Å². The topological polar surface area (TPSA) is 89.6 Å². The van der Waals surface area contributed by atoms with Crippen LogP contribution in [0.2, 0.25) is 0 Å². The fourth-order valence-electron chi connectivity index (χ4n) is 1.47. The van der Waals surface area contributed by atoms with E-state index in [0.29, 0.717) is 12.4 Å². The molecule has 0 aliphatic heterocycles. The van der Waals surface area contributed by atoms with Crippen LogP contribution < -0.4 is 11.1 Å². The molecule has 2 heterocycles. The molecule has 88 valence electrons. The fraction of sp³-hybridized carbons (Fsp3) is 0.273. The number of aromatic nitrogens is 4. The van der Waals surface area contributed by atoms with Gasteiger partial charge in [-0.3, -0.25) is 0 Å². The maximum atomic E-state index is 5.56. The number of nitrogens with two attached hydrogens (primary N) is 1. The Bertz CT molecular complexity index is 505. The maximum absolute atomic E-state index is 5.56. The van der Waals surface area contributed by atoms with Crippen LogP contribution in [0.1, 0.15) is 17.2 Å². The SMILES string of the molecule is Cc1cc(NCc2ccnc(C)n2)nc(N)n1. The van der Waals surface area contributed by atoms with Crippen molar-refractivity contribution < 1.29 is 0 Å². The molecule has 6 heteroatoms. The van der Waals surface area contributed by atoms with Crippen molar-refractivity contribution in [3.05, 3.63) is 35.5 Å². The monoisotopic (exact) mass is 230 g/mol. The lowest BCUT2D eigenvalue weighted by atomic mass is 10.3. The Morgan fingerprint density at radius 1 is 1.24 bits per heavy atom. The zero-order valence-electron chi connectivity index (χ0n) is 9.81. The van der Waals surface area contributed by atoms with Crippen LogP contribution in [0.3, 0.4) is 0 Å². The van der Waals surface area contributed by atoms with E-state index in [1.165, 1.54) is 0 Å². The van der Waals surface area contributed by atoms with E-state index in [1.807, 2.05) is 26.0 Å². The zero-order chi connectivity index (χ0) is 12.3. The van der Waals surface area contributed by atoms with Crippen molar-refractivity contribution in [3.8, 4) is 0 Å². The first-order valence-corrected chi connectivity index (χ1v) is 5.27. The van der Waals surface area contributed by atoms with E-state index in [0.717, 1.165) is 17.2 Å². The highest BCUT2D eigenvalue weighted by molar-refractivity contribution is 5.40. The van der Waals surface area contributed by atoms with Crippen LogP contribution >= 0.6 is 0 Å².